The van der Waals surface area contributed by atoms with Crippen LogP contribution in [0.2, 0.25) is 0 Å². The Labute approximate surface area is 99.0 Å². The molecule has 1 unspecified atom stereocenters. The van der Waals surface area contributed by atoms with E-state index in [9.17, 15) is 13.6 Å². The van der Waals surface area contributed by atoms with Crippen molar-refractivity contribution < 1.29 is 13.6 Å². The first-order valence-corrected chi connectivity index (χ1v) is 5.51. The van der Waals surface area contributed by atoms with Crippen LogP contribution in [0.25, 0.3) is 0 Å². The van der Waals surface area contributed by atoms with E-state index in [-0.39, 0.29) is 17.5 Å². The number of benzene rings is 1. The topological polar surface area (TPSA) is 55.1 Å². The summed E-state index contributed by atoms with van der Waals surface area (Å²) in [6.07, 6.45) is 1.35. The number of carbonyl (C=O) groups is 1. The maximum Gasteiger partial charge on any atom is 0.227 e. The van der Waals surface area contributed by atoms with Gasteiger partial charge in [-0.2, -0.15) is 0 Å². The van der Waals surface area contributed by atoms with Crippen LogP contribution in [-0.2, 0) is 4.79 Å². The minimum Gasteiger partial charge on any atom is -0.330 e. The Morgan fingerprint density at radius 1 is 1.47 bits per heavy atom. The maximum atomic E-state index is 13.3. The monoisotopic (exact) mass is 242 g/mol. The Hall–Kier alpha value is -1.49. The molecule has 1 aromatic carbocycles. The molecular weight excluding hydrogens is 226 g/mol. The van der Waals surface area contributed by atoms with Gasteiger partial charge in [-0.25, -0.2) is 8.78 Å². The molecule has 0 heterocycles. The molecule has 1 atom stereocenters. The normalized spacial score (nSPS) is 12.2. The van der Waals surface area contributed by atoms with Gasteiger partial charge in [-0.3, -0.25) is 4.79 Å². The van der Waals surface area contributed by atoms with Gasteiger partial charge in [0.15, 0.2) is 11.6 Å². The van der Waals surface area contributed by atoms with Crippen molar-refractivity contribution in [2.45, 2.75) is 19.8 Å². The fourth-order valence-electron chi connectivity index (χ4n) is 1.41. The molecule has 0 aliphatic rings. The SMILES string of the molecule is CC(CCCN)C(=O)Nc1cccc(F)c1F. The van der Waals surface area contributed by atoms with Crippen molar-refractivity contribution in [1.29, 1.82) is 0 Å². The van der Waals surface area contributed by atoms with E-state index in [1.807, 2.05) is 0 Å². The van der Waals surface area contributed by atoms with Crippen LogP contribution in [0.4, 0.5) is 14.5 Å². The number of amides is 1. The van der Waals surface area contributed by atoms with Gasteiger partial charge in [0.05, 0.1) is 5.69 Å². The van der Waals surface area contributed by atoms with Crippen molar-refractivity contribution in [2.75, 3.05) is 11.9 Å². The molecule has 5 heteroatoms. The highest BCUT2D eigenvalue weighted by molar-refractivity contribution is 5.92. The molecule has 1 amide bonds. The second kappa shape index (κ2) is 6.30. The molecule has 0 aromatic heterocycles. The van der Waals surface area contributed by atoms with Gasteiger partial charge < -0.3 is 11.1 Å². The summed E-state index contributed by atoms with van der Waals surface area (Å²) in [6.45, 7) is 2.23. The highest BCUT2D eigenvalue weighted by Crippen LogP contribution is 2.18. The fourth-order valence-corrected chi connectivity index (χ4v) is 1.41. The molecule has 0 radical (unpaired) electrons. The summed E-state index contributed by atoms with van der Waals surface area (Å²) in [5.41, 5.74) is 5.20. The van der Waals surface area contributed by atoms with Gasteiger partial charge >= 0.3 is 0 Å². The van der Waals surface area contributed by atoms with Gasteiger partial charge in [-0.15, -0.1) is 0 Å². The summed E-state index contributed by atoms with van der Waals surface area (Å²) in [7, 11) is 0. The van der Waals surface area contributed by atoms with Crippen LogP contribution in [0.15, 0.2) is 18.2 Å². The lowest BCUT2D eigenvalue weighted by Crippen LogP contribution is -2.22. The molecule has 1 aromatic rings. The second-order valence-corrected chi connectivity index (χ2v) is 3.92. The maximum absolute atomic E-state index is 13.3. The third-order valence-electron chi connectivity index (χ3n) is 2.50. The van der Waals surface area contributed by atoms with E-state index in [4.69, 9.17) is 5.73 Å². The van der Waals surface area contributed by atoms with Crippen molar-refractivity contribution >= 4 is 11.6 Å². The van der Waals surface area contributed by atoms with Crippen LogP contribution in [0.5, 0.6) is 0 Å². The van der Waals surface area contributed by atoms with Crippen LogP contribution < -0.4 is 11.1 Å². The molecule has 0 aliphatic carbocycles. The molecule has 3 N–H and O–H groups in total. The Morgan fingerprint density at radius 3 is 2.82 bits per heavy atom. The Balaban J connectivity index is 2.64. The van der Waals surface area contributed by atoms with Gasteiger partial charge in [0, 0.05) is 5.92 Å². The van der Waals surface area contributed by atoms with E-state index in [0.717, 1.165) is 12.5 Å². The number of rotatable bonds is 5. The van der Waals surface area contributed by atoms with Crippen molar-refractivity contribution in [3.05, 3.63) is 29.8 Å². The number of hydrogen-bond donors (Lipinski definition) is 2. The van der Waals surface area contributed by atoms with Crippen molar-refractivity contribution in [2.24, 2.45) is 11.7 Å². The highest BCUT2D eigenvalue weighted by atomic mass is 19.2. The van der Waals surface area contributed by atoms with Crippen LogP contribution in [0.3, 0.4) is 0 Å². The zero-order chi connectivity index (χ0) is 12.8. The predicted molar refractivity (Wildman–Crippen MR) is 62.4 cm³/mol. The van der Waals surface area contributed by atoms with E-state index in [1.54, 1.807) is 6.92 Å². The second-order valence-electron chi connectivity index (χ2n) is 3.92. The summed E-state index contributed by atoms with van der Waals surface area (Å²) in [5.74, 6) is -2.62. The van der Waals surface area contributed by atoms with Gasteiger partial charge in [0.25, 0.3) is 0 Å². The Kier molecular flexibility index (Phi) is 5.03. The summed E-state index contributed by atoms with van der Waals surface area (Å²) in [6, 6.07) is 3.67. The summed E-state index contributed by atoms with van der Waals surface area (Å²) >= 11 is 0. The van der Waals surface area contributed by atoms with Crippen LogP contribution in [-0.4, -0.2) is 12.5 Å². The van der Waals surface area contributed by atoms with E-state index in [0.29, 0.717) is 13.0 Å². The van der Waals surface area contributed by atoms with Gasteiger partial charge in [0.1, 0.15) is 0 Å². The van der Waals surface area contributed by atoms with Crippen molar-refractivity contribution in [3.8, 4) is 0 Å². The average Bonchev–Trinajstić information content (AvgIpc) is 2.31. The molecule has 94 valence electrons. The molecule has 0 aliphatic heterocycles. The molecule has 0 saturated heterocycles. The van der Waals surface area contributed by atoms with Crippen molar-refractivity contribution in [3.63, 3.8) is 0 Å². The van der Waals surface area contributed by atoms with Crippen LogP contribution in [0, 0.1) is 17.6 Å². The first kappa shape index (κ1) is 13.6. The highest BCUT2D eigenvalue weighted by Gasteiger charge is 2.15. The lowest BCUT2D eigenvalue weighted by molar-refractivity contribution is -0.119. The number of nitrogens with two attached hydrogens (primary N) is 1. The summed E-state index contributed by atoms with van der Waals surface area (Å²) < 4.78 is 26.2. The largest absolute Gasteiger partial charge is 0.330 e. The molecule has 0 saturated carbocycles. The van der Waals surface area contributed by atoms with Crippen molar-refractivity contribution in [1.82, 2.24) is 0 Å². The molecular formula is C12H16F2N2O. The molecule has 1 rings (SSSR count). The van der Waals surface area contributed by atoms with E-state index >= 15 is 0 Å². The first-order chi connectivity index (χ1) is 8.06. The number of hydrogen-bond acceptors (Lipinski definition) is 2. The number of carbonyl (C=O) groups excluding carboxylic acids is 1. The zero-order valence-electron chi connectivity index (χ0n) is 9.67. The molecule has 17 heavy (non-hydrogen) atoms. The Morgan fingerprint density at radius 2 is 2.18 bits per heavy atom. The summed E-state index contributed by atoms with van der Waals surface area (Å²) in [5, 5.41) is 2.36. The standard InChI is InChI=1S/C12H16F2N2O/c1-8(4-3-7-15)12(17)16-10-6-2-5-9(13)11(10)14/h2,5-6,8H,3-4,7,15H2,1H3,(H,16,17). The molecule has 0 fully saturated rings. The fraction of sp³-hybridized carbons (Fsp3) is 0.417. The minimum absolute atomic E-state index is 0.130. The number of halogens is 2. The molecule has 3 nitrogen and oxygen atoms in total. The van der Waals surface area contributed by atoms with Gasteiger partial charge in [0.2, 0.25) is 5.91 Å². The third kappa shape index (κ3) is 3.78. The van der Waals surface area contributed by atoms with Crippen LogP contribution in [0.1, 0.15) is 19.8 Å². The zero-order valence-corrected chi connectivity index (χ0v) is 9.67. The smallest absolute Gasteiger partial charge is 0.227 e. The van der Waals surface area contributed by atoms with E-state index in [2.05, 4.69) is 5.32 Å². The quantitative estimate of drug-likeness (QED) is 0.832. The van der Waals surface area contributed by atoms with E-state index in [1.165, 1.54) is 12.1 Å². The first-order valence-electron chi connectivity index (χ1n) is 5.51. The predicted octanol–water partition coefficient (Wildman–Crippen LogP) is 2.28. The molecule has 0 bridgehead atoms. The lowest BCUT2D eigenvalue weighted by Gasteiger charge is -2.12. The van der Waals surface area contributed by atoms with Gasteiger partial charge in [-0.05, 0) is 31.5 Å². The number of nitrogens with one attached hydrogen (secondary N) is 1. The Bertz CT molecular complexity index is 396. The summed E-state index contributed by atoms with van der Waals surface area (Å²) in [4.78, 5) is 11.6. The van der Waals surface area contributed by atoms with Gasteiger partial charge in [-0.1, -0.05) is 13.0 Å². The van der Waals surface area contributed by atoms with E-state index < -0.39 is 11.6 Å². The lowest BCUT2D eigenvalue weighted by atomic mass is 10.0. The number of anilines is 1. The average molecular weight is 242 g/mol. The molecule has 0 spiro atoms. The minimum atomic E-state index is -1.04. The third-order valence-corrected chi connectivity index (χ3v) is 2.50. The van der Waals surface area contributed by atoms with Crippen LogP contribution >= 0.6 is 0 Å².